The molecule has 1 fully saturated rings. The number of halogens is 1. The highest BCUT2D eigenvalue weighted by molar-refractivity contribution is 7.89. The summed E-state index contributed by atoms with van der Waals surface area (Å²) in [5.41, 5.74) is 0.568. The molecule has 8 nitrogen and oxygen atoms in total. The lowest BCUT2D eigenvalue weighted by atomic mass is 10.2. The van der Waals surface area contributed by atoms with E-state index in [2.05, 4.69) is 15.3 Å². The number of benzene rings is 1. The number of rotatable bonds is 6. The van der Waals surface area contributed by atoms with Crippen molar-refractivity contribution in [2.24, 2.45) is 5.92 Å². The maximum absolute atomic E-state index is 11.9. The highest BCUT2D eigenvalue weighted by Gasteiger charge is 2.33. The molecule has 1 unspecified atom stereocenters. The molecule has 28 heavy (non-hydrogen) atoms. The molecule has 148 valence electrons. The summed E-state index contributed by atoms with van der Waals surface area (Å²) >= 11 is 6.11. The number of hydrogen-bond donors (Lipinski definition) is 1. The van der Waals surface area contributed by atoms with Gasteiger partial charge in [0.05, 0.1) is 25.2 Å². The van der Waals surface area contributed by atoms with Crippen molar-refractivity contribution in [1.29, 1.82) is 0 Å². The summed E-state index contributed by atoms with van der Waals surface area (Å²) in [6, 6.07) is 9.17. The molecule has 0 spiro atoms. The molecule has 0 saturated carbocycles. The molecule has 0 amide bonds. The van der Waals surface area contributed by atoms with Gasteiger partial charge in [-0.25, -0.2) is 22.7 Å². The standard InChI is InChI=1S/C18H19ClN4O4S/c1-23-9-12(11-28(23,24)25)10-27-15-6-2-5-14-16(15)21-18(19)22-17(14)20-8-13-4-3-7-26-13/h2-7,12H,8-11H2,1H3,(H,20,21,22). The summed E-state index contributed by atoms with van der Waals surface area (Å²) in [6.07, 6.45) is 1.61. The largest absolute Gasteiger partial charge is 0.491 e. The summed E-state index contributed by atoms with van der Waals surface area (Å²) in [6.45, 7) is 1.17. The molecule has 0 radical (unpaired) electrons. The normalized spacial score (nSPS) is 19.1. The van der Waals surface area contributed by atoms with Crippen LogP contribution in [0.5, 0.6) is 5.75 Å². The number of anilines is 1. The van der Waals surface area contributed by atoms with Crippen molar-refractivity contribution in [3.8, 4) is 5.75 Å². The molecule has 4 rings (SSSR count). The first-order valence-corrected chi connectivity index (χ1v) is 10.7. The van der Waals surface area contributed by atoms with Gasteiger partial charge in [0.25, 0.3) is 0 Å². The molecular formula is C18H19ClN4O4S. The fourth-order valence-corrected chi connectivity index (χ4v) is 4.86. The fraction of sp³-hybridized carbons (Fsp3) is 0.333. The van der Waals surface area contributed by atoms with E-state index in [9.17, 15) is 8.42 Å². The van der Waals surface area contributed by atoms with Crippen LogP contribution < -0.4 is 10.1 Å². The minimum atomic E-state index is -3.18. The number of nitrogens with one attached hydrogen (secondary N) is 1. The Bertz CT molecular complexity index is 1090. The number of nitrogens with zero attached hydrogens (tertiary/aromatic N) is 3. The van der Waals surface area contributed by atoms with Gasteiger partial charge in [-0.05, 0) is 35.9 Å². The van der Waals surface area contributed by atoms with Gasteiger partial charge in [0.2, 0.25) is 15.3 Å². The number of para-hydroxylation sites is 1. The number of fused-ring (bicyclic) bond motifs is 1. The Morgan fingerprint density at radius 3 is 2.89 bits per heavy atom. The molecule has 1 atom stereocenters. The third-order valence-corrected chi connectivity index (χ3v) is 6.74. The minimum Gasteiger partial charge on any atom is -0.491 e. The Balaban J connectivity index is 1.56. The Kier molecular flexibility index (Phi) is 5.13. The van der Waals surface area contributed by atoms with Crippen LogP contribution in [0.3, 0.4) is 0 Å². The smallest absolute Gasteiger partial charge is 0.225 e. The summed E-state index contributed by atoms with van der Waals surface area (Å²) in [7, 11) is -1.60. The van der Waals surface area contributed by atoms with Crippen molar-refractivity contribution < 1.29 is 17.6 Å². The molecule has 10 heteroatoms. The van der Waals surface area contributed by atoms with E-state index in [0.29, 0.717) is 30.2 Å². The van der Waals surface area contributed by atoms with Gasteiger partial charge in [-0.2, -0.15) is 0 Å². The molecule has 1 N–H and O–H groups in total. The van der Waals surface area contributed by atoms with Crippen LogP contribution in [-0.2, 0) is 16.6 Å². The summed E-state index contributed by atoms with van der Waals surface area (Å²) in [4.78, 5) is 8.58. The van der Waals surface area contributed by atoms with Gasteiger partial charge >= 0.3 is 0 Å². The van der Waals surface area contributed by atoms with Gasteiger partial charge in [0.1, 0.15) is 22.8 Å². The van der Waals surface area contributed by atoms with Gasteiger partial charge in [0, 0.05) is 24.9 Å². The molecule has 1 aromatic carbocycles. The topological polar surface area (TPSA) is 97.6 Å². The molecule has 2 aromatic heterocycles. The van der Waals surface area contributed by atoms with E-state index >= 15 is 0 Å². The van der Waals surface area contributed by atoms with Gasteiger partial charge in [-0.15, -0.1) is 0 Å². The quantitative estimate of drug-likeness (QED) is 0.610. The van der Waals surface area contributed by atoms with E-state index in [1.54, 1.807) is 19.4 Å². The number of sulfonamides is 1. The van der Waals surface area contributed by atoms with Gasteiger partial charge in [-0.3, -0.25) is 0 Å². The van der Waals surface area contributed by atoms with Crippen LogP contribution in [0.4, 0.5) is 5.82 Å². The van der Waals surface area contributed by atoms with E-state index in [1.165, 1.54) is 4.31 Å². The van der Waals surface area contributed by atoms with Crippen LogP contribution in [-0.4, -0.2) is 48.6 Å². The van der Waals surface area contributed by atoms with Crippen LogP contribution in [0.2, 0.25) is 5.28 Å². The van der Waals surface area contributed by atoms with Crippen LogP contribution in [0, 0.1) is 5.92 Å². The zero-order valence-corrected chi connectivity index (χ0v) is 16.7. The maximum Gasteiger partial charge on any atom is 0.225 e. The molecule has 0 bridgehead atoms. The van der Waals surface area contributed by atoms with Gasteiger partial charge in [-0.1, -0.05) is 6.07 Å². The van der Waals surface area contributed by atoms with Gasteiger partial charge in [0.15, 0.2) is 0 Å². The number of ether oxygens (including phenoxy) is 1. The first-order valence-electron chi connectivity index (χ1n) is 8.72. The zero-order chi connectivity index (χ0) is 19.7. The van der Waals surface area contributed by atoms with Crippen molar-refractivity contribution in [2.45, 2.75) is 6.54 Å². The first kappa shape index (κ1) is 19.0. The Hall–Kier alpha value is -2.36. The Labute approximate surface area is 167 Å². The van der Waals surface area contributed by atoms with Crippen LogP contribution in [0.1, 0.15) is 5.76 Å². The van der Waals surface area contributed by atoms with Crippen LogP contribution in [0.15, 0.2) is 41.0 Å². The van der Waals surface area contributed by atoms with Crippen molar-refractivity contribution in [1.82, 2.24) is 14.3 Å². The van der Waals surface area contributed by atoms with E-state index in [4.69, 9.17) is 20.8 Å². The van der Waals surface area contributed by atoms with Crippen LogP contribution in [0.25, 0.3) is 10.9 Å². The highest BCUT2D eigenvalue weighted by Crippen LogP contribution is 2.30. The average Bonchev–Trinajstić information content (AvgIpc) is 3.25. The van der Waals surface area contributed by atoms with E-state index < -0.39 is 10.0 Å². The second-order valence-corrected chi connectivity index (χ2v) is 9.12. The van der Waals surface area contributed by atoms with Crippen molar-refractivity contribution in [3.05, 3.63) is 47.6 Å². The van der Waals surface area contributed by atoms with E-state index in [-0.39, 0.29) is 23.6 Å². The number of aromatic nitrogens is 2. The molecular weight excluding hydrogens is 404 g/mol. The SMILES string of the molecule is CN1CC(COc2cccc3c(NCc4ccco4)nc(Cl)nc23)CS1(=O)=O. The molecule has 3 aromatic rings. The second-order valence-electron chi connectivity index (χ2n) is 6.66. The summed E-state index contributed by atoms with van der Waals surface area (Å²) in [5.74, 6) is 1.86. The lowest BCUT2D eigenvalue weighted by molar-refractivity contribution is 0.257. The zero-order valence-electron chi connectivity index (χ0n) is 15.1. The number of furan rings is 1. The molecule has 0 aliphatic carbocycles. The fourth-order valence-electron chi connectivity index (χ4n) is 3.20. The molecule has 1 saturated heterocycles. The van der Waals surface area contributed by atoms with E-state index in [0.717, 1.165) is 11.1 Å². The monoisotopic (exact) mass is 422 g/mol. The number of hydrogen-bond acceptors (Lipinski definition) is 7. The third kappa shape index (κ3) is 3.91. The van der Waals surface area contributed by atoms with Crippen molar-refractivity contribution in [2.75, 3.05) is 31.3 Å². The lowest BCUT2D eigenvalue weighted by Gasteiger charge is -2.14. The molecule has 3 heterocycles. The van der Waals surface area contributed by atoms with Crippen molar-refractivity contribution in [3.63, 3.8) is 0 Å². The van der Waals surface area contributed by atoms with E-state index in [1.807, 2.05) is 24.3 Å². The van der Waals surface area contributed by atoms with Gasteiger partial charge < -0.3 is 14.5 Å². The molecule has 1 aliphatic rings. The summed E-state index contributed by atoms with van der Waals surface area (Å²) in [5, 5.41) is 4.05. The predicted octanol–water partition coefficient (Wildman–Crippen LogP) is 2.76. The maximum atomic E-state index is 11.9. The third-order valence-electron chi connectivity index (χ3n) is 4.58. The lowest BCUT2D eigenvalue weighted by Crippen LogP contribution is -2.20. The van der Waals surface area contributed by atoms with Crippen LogP contribution >= 0.6 is 11.6 Å². The van der Waals surface area contributed by atoms with Crippen molar-refractivity contribution >= 4 is 38.3 Å². The average molecular weight is 423 g/mol. The first-order chi connectivity index (χ1) is 13.4. The summed E-state index contributed by atoms with van der Waals surface area (Å²) < 4.78 is 36.3. The Morgan fingerprint density at radius 1 is 1.32 bits per heavy atom. The molecule has 1 aliphatic heterocycles. The Morgan fingerprint density at radius 2 is 2.18 bits per heavy atom. The second kappa shape index (κ2) is 7.57. The minimum absolute atomic E-state index is 0.0833. The predicted molar refractivity (Wildman–Crippen MR) is 106 cm³/mol. The highest BCUT2D eigenvalue weighted by atomic mass is 35.5.